The van der Waals surface area contributed by atoms with Crippen LogP contribution in [0.3, 0.4) is 0 Å². The first-order valence-corrected chi connectivity index (χ1v) is 5.81. The van der Waals surface area contributed by atoms with E-state index in [1.54, 1.807) is 6.07 Å². The number of hydrogen-bond acceptors (Lipinski definition) is 6. The van der Waals surface area contributed by atoms with Crippen molar-refractivity contribution < 1.29 is 24.0 Å². The Morgan fingerprint density at radius 1 is 1.43 bits per heavy atom. The fourth-order valence-electron chi connectivity index (χ4n) is 1.53. The fourth-order valence-corrected chi connectivity index (χ4v) is 1.53. The van der Waals surface area contributed by atoms with Gasteiger partial charge in [0.05, 0.1) is 24.9 Å². The normalized spacial score (nSPS) is 9.95. The molecule has 1 aromatic carbocycles. The van der Waals surface area contributed by atoms with E-state index in [2.05, 4.69) is 25.3 Å². The van der Waals surface area contributed by atoms with Gasteiger partial charge in [0, 0.05) is 0 Å². The predicted molar refractivity (Wildman–Crippen MR) is 70.1 cm³/mol. The summed E-state index contributed by atoms with van der Waals surface area (Å²) >= 11 is 0. The van der Waals surface area contributed by atoms with E-state index in [4.69, 9.17) is 9.84 Å². The van der Waals surface area contributed by atoms with E-state index in [9.17, 15) is 9.59 Å². The van der Waals surface area contributed by atoms with Crippen LogP contribution in [0.4, 0.5) is 10.5 Å². The van der Waals surface area contributed by atoms with Crippen molar-refractivity contribution >= 4 is 17.7 Å². The number of benzene rings is 1. The Balaban J connectivity index is 2.04. The molecule has 2 rings (SSSR count). The minimum atomic E-state index is -1.18. The number of anilines is 1. The van der Waals surface area contributed by atoms with Crippen LogP contribution in [0.25, 0.3) is 0 Å². The van der Waals surface area contributed by atoms with Gasteiger partial charge in [-0.05, 0) is 18.2 Å². The summed E-state index contributed by atoms with van der Waals surface area (Å²) in [4.78, 5) is 26.6. The molecule has 110 valence electrons. The van der Waals surface area contributed by atoms with Crippen molar-refractivity contribution in [3.63, 3.8) is 0 Å². The highest BCUT2D eigenvalue weighted by molar-refractivity contribution is 6.00. The molecule has 0 saturated carbocycles. The van der Waals surface area contributed by atoms with E-state index in [1.807, 2.05) is 0 Å². The molecule has 9 nitrogen and oxygen atoms in total. The highest BCUT2D eigenvalue weighted by Crippen LogP contribution is 2.22. The zero-order valence-electron chi connectivity index (χ0n) is 11.0. The van der Waals surface area contributed by atoms with Crippen LogP contribution in [0.2, 0.25) is 0 Å². The van der Waals surface area contributed by atoms with Crippen LogP contribution in [0.1, 0.15) is 16.2 Å². The Morgan fingerprint density at radius 2 is 2.24 bits per heavy atom. The van der Waals surface area contributed by atoms with Gasteiger partial charge in [-0.15, -0.1) is 0 Å². The molecule has 3 N–H and O–H groups in total. The molecule has 0 unspecified atom stereocenters. The fraction of sp³-hybridized carbons (Fsp3) is 0.167. The second-order valence-corrected chi connectivity index (χ2v) is 3.87. The Morgan fingerprint density at radius 3 is 2.86 bits per heavy atom. The maximum atomic E-state index is 11.7. The van der Waals surface area contributed by atoms with Crippen molar-refractivity contribution in [1.82, 2.24) is 15.5 Å². The Hall–Kier alpha value is -3.10. The number of aromatic nitrogens is 2. The van der Waals surface area contributed by atoms with Gasteiger partial charge in [-0.1, -0.05) is 5.16 Å². The third-order valence-corrected chi connectivity index (χ3v) is 2.52. The lowest BCUT2D eigenvalue weighted by Crippen LogP contribution is -2.29. The summed E-state index contributed by atoms with van der Waals surface area (Å²) in [6, 6.07) is 3.71. The number of nitrogens with zero attached hydrogens (tertiary/aromatic N) is 2. The van der Waals surface area contributed by atoms with Gasteiger partial charge in [0.25, 0.3) is 0 Å². The number of nitrogens with one attached hydrogen (secondary N) is 2. The molecule has 1 aromatic heterocycles. The molecule has 0 aliphatic heterocycles. The largest absolute Gasteiger partial charge is 0.497 e. The molecule has 0 fully saturated rings. The molecule has 1 heterocycles. The van der Waals surface area contributed by atoms with E-state index in [1.165, 1.54) is 19.2 Å². The van der Waals surface area contributed by atoms with Gasteiger partial charge < -0.3 is 25.0 Å². The number of hydrogen-bond donors (Lipinski definition) is 3. The molecule has 21 heavy (non-hydrogen) atoms. The molecule has 0 saturated heterocycles. The minimum Gasteiger partial charge on any atom is -0.497 e. The molecular formula is C12H12N4O5. The van der Waals surface area contributed by atoms with E-state index >= 15 is 0 Å². The smallest absolute Gasteiger partial charge is 0.337 e. The lowest BCUT2D eigenvalue weighted by molar-refractivity contribution is 0.0697. The molecule has 0 aliphatic carbocycles. The maximum Gasteiger partial charge on any atom is 0.337 e. The molecule has 0 radical (unpaired) electrons. The van der Waals surface area contributed by atoms with E-state index < -0.39 is 12.0 Å². The first kappa shape index (κ1) is 14.3. The van der Waals surface area contributed by atoms with Crippen molar-refractivity contribution in [2.75, 3.05) is 12.4 Å². The van der Waals surface area contributed by atoms with Crippen molar-refractivity contribution in [2.45, 2.75) is 6.54 Å². The third kappa shape index (κ3) is 3.69. The average molecular weight is 292 g/mol. The number of carboxylic acid groups (broad SMARTS) is 1. The highest BCUT2D eigenvalue weighted by Gasteiger charge is 2.14. The Kier molecular flexibility index (Phi) is 4.34. The SMILES string of the molecule is COc1ccc(NC(=O)NCc2ncon2)c(C(=O)O)c1. The number of amides is 2. The number of carboxylic acids is 1. The molecule has 0 atom stereocenters. The van der Waals surface area contributed by atoms with Crippen LogP contribution in [0, 0.1) is 0 Å². The van der Waals surface area contributed by atoms with Crippen LogP contribution in [0.5, 0.6) is 5.75 Å². The Bertz CT molecular complexity index is 641. The number of carbonyl (C=O) groups is 2. The molecule has 2 amide bonds. The van der Waals surface area contributed by atoms with Gasteiger partial charge in [0.2, 0.25) is 6.39 Å². The standard InChI is InChI=1S/C12H12N4O5/c1-20-7-2-3-9(8(4-7)11(17)18)15-12(19)13-5-10-14-6-21-16-10/h2-4,6H,5H2,1H3,(H,17,18)(H2,13,15,19). The lowest BCUT2D eigenvalue weighted by atomic mass is 10.1. The van der Waals surface area contributed by atoms with Crippen LogP contribution in [-0.2, 0) is 6.54 Å². The summed E-state index contributed by atoms with van der Waals surface area (Å²) in [5.74, 6) is -0.495. The van der Waals surface area contributed by atoms with Gasteiger partial charge in [-0.25, -0.2) is 9.59 Å². The minimum absolute atomic E-state index is 0.0564. The monoisotopic (exact) mass is 292 g/mol. The lowest BCUT2D eigenvalue weighted by Gasteiger charge is -2.10. The summed E-state index contributed by atoms with van der Waals surface area (Å²) in [6.45, 7) is 0.0564. The average Bonchev–Trinajstić information content (AvgIpc) is 2.98. The number of rotatable bonds is 5. The molecule has 0 aliphatic rings. The molecule has 9 heteroatoms. The van der Waals surface area contributed by atoms with Crippen molar-refractivity contribution in [3.8, 4) is 5.75 Å². The summed E-state index contributed by atoms with van der Waals surface area (Å²) in [5, 5.41) is 17.5. The molecule has 0 spiro atoms. The summed E-state index contributed by atoms with van der Waals surface area (Å²) < 4.78 is 9.46. The maximum absolute atomic E-state index is 11.7. The van der Waals surface area contributed by atoms with Gasteiger partial charge >= 0.3 is 12.0 Å². The van der Waals surface area contributed by atoms with E-state index in [-0.39, 0.29) is 17.8 Å². The topological polar surface area (TPSA) is 127 Å². The van der Waals surface area contributed by atoms with Crippen LogP contribution < -0.4 is 15.4 Å². The van der Waals surface area contributed by atoms with Gasteiger partial charge in [0.15, 0.2) is 5.82 Å². The zero-order chi connectivity index (χ0) is 15.2. The van der Waals surface area contributed by atoms with Crippen LogP contribution in [-0.4, -0.2) is 34.4 Å². The molecule has 2 aromatic rings. The van der Waals surface area contributed by atoms with E-state index in [0.717, 1.165) is 6.39 Å². The summed E-state index contributed by atoms with van der Waals surface area (Å²) in [5.41, 5.74) is 0.0676. The second-order valence-electron chi connectivity index (χ2n) is 3.87. The highest BCUT2D eigenvalue weighted by atomic mass is 16.5. The van der Waals surface area contributed by atoms with Crippen molar-refractivity contribution in [1.29, 1.82) is 0 Å². The Labute approximate surface area is 118 Å². The summed E-state index contributed by atoms with van der Waals surface area (Å²) in [7, 11) is 1.42. The van der Waals surface area contributed by atoms with Crippen LogP contribution in [0.15, 0.2) is 29.1 Å². The van der Waals surface area contributed by atoms with Crippen molar-refractivity contribution in [3.05, 3.63) is 36.0 Å². The van der Waals surface area contributed by atoms with Gasteiger partial charge in [0.1, 0.15) is 5.75 Å². The number of aromatic carboxylic acids is 1. The third-order valence-electron chi connectivity index (χ3n) is 2.52. The molecule has 0 bridgehead atoms. The number of methoxy groups -OCH3 is 1. The number of ether oxygens (including phenoxy) is 1. The van der Waals surface area contributed by atoms with Crippen LogP contribution >= 0.6 is 0 Å². The quantitative estimate of drug-likeness (QED) is 0.753. The zero-order valence-corrected chi connectivity index (χ0v) is 11.0. The first-order valence-electron chi connectivity index (χ1n) is 5.81. The number of carbonyl (C=O) groups excluding carboxylic acids is 1. The summed E-state index contributed by atoms with van der Waals surface area (Å²) in [6.07, 6.45) is 1.14. The van der Waals surface area contributed by atoms with E-state index in [0.29, 0.717) is 11.6 Å². The number of urea groups is 1. The first-order chi connectivity index (χ1) is 10.1. The van der Waals surface area contributed by atoms with Gasteiger partial charge in [-0.3, -0.25) is 0 Å². The van der Waals surface area contributed by atoms with Crippen molar-refractivity contribution in [2.24, 2.45) is 0 Å². The second kappa shape index (κ2) is 6.37. The molecular weight excluding hydrogens is 280 g/mol. The van der Waals surface area contributed by atoms with Gasteiger partial charge in [-0.2, -0.15) is 4.98 Å². The predicted octanol–water partition coefficient (Wildman–Crippen LogP) is 1.10.